The van der Waals surface area contributed by atoms with Crippen molar-refractivity contribution in [3.05, 3.63) is 33.3 Å². The summed E-state index contributed by atoms with van der Waals surface area (Å²) >= 11 is 5.65. The first-order valence-corrected chi connectivity index (χ1v) is 5.31. The molecule has 0 aliphatic heterocycles. The Balaban J connectivity index is 2.73. The van der Waals surface area contributed by atoms with E-state index in [1.165, 1.54) is 18.2 Å². The smallest absolute Gasteiger partial charge is 0.312 e. The maximum Gasteiger partial charge on any atom is 0.312 e. The monoisotopic (exact) mass is 260 g/mol. The Morgan fingerprint density at radius 2 is 2.35 bits per heavy atom. The number of nitrogens with one attached hydrogen (secondary N) is 1. The highest BCUT2D eigenvalue weighted by atomic mass is 35.5. The molecule has 0 aromatic heterocycles. The Labute approximate surface area is 103 Å². The summed E-state index contributed by atoms with van der Waals surface area (Å²) < 4.78 is 5.18. The summed E-state index contributed by atoms with van der Waals surface area (Å²) in [6, 6.07) is 4.11. The fraction of sp³-hybridized carbons (Fsp3) is 0.400. The fourth-order valence-electron chi connectivity index (χ4n) is 1.24. The zero-order chi connectivity index (χ0) is 12.8. The van der Waals surface area contributed by atoms with Crippen molar-refractivity contribution in [3.8, 4) is 5.75 Å². The van der Waals surface area contributed by atoms with Crippen molar-refractivity contribution < 1.29 is 14.8 Å². The van der Waals surface area contributed by atoms with Crippen LogP contribution < -0.4 is 10.1 Å². The second-order valence-electron chi connectivity index (χ2n) is 3.39. The maximum atomic E-state index is 10.7. The largest absolute Gasteiger partial charge is 0.484 e. The first kappa shape index (κ1) is 13.7. The number of hydrogen-bond acceptors (Lipinski definition) is 5. The van der Waals surface area contributed by atoms with Gasteiger partial charge in [-0.25, -0.2) is 0 Å². The van der Waals surface area contributed by atoms with Crippen molar-refractivity contribution in [3.63, 3.8) is 0 Å². The molecule has 7 heteroatoms. The normalized spacial score (nSPS) is 12.2. The average Bonchev–Trinajstić information content (AvgIpc) is 2.27. The van der Waals surface area contributed by atoms with Gasteiger partial charge in [-0.3, -0.25) is 10.1 Å². The number of nitro benzene ring substituents is 1. The van der Waals surface area contributed by atoms with Gasteiger partial charge in [-0.2, -0.15) is 0 Å². The third kappa shape index (κ3) is 4.18. The van der Waals surface area contributed by atoms with E-state index in [-0.39, 0.29) is 23.1 Å². The number of likely N-dealkylation sites (N-methyl/N-ethyl adjacent to an activating group) is 1. The molecule has 0 fully saturated rings. The summed E-state index contributed by atoms with van der Waals surface area (Å²) in [5, 5.41) is 23.2. The van der Waals surface area contributed by atoms with Crippen LogP contribution in [0.15, 0.2) is 18.2 Å². The van der Waals surface area contributed by atoms with E-state index in [2.05, 4.69) is 5.32 Å². The lowest BCUT2D eigenvalue weighted by molar-refractivity contribution is -0.385. The molecule has 0 aliphatic carbocycles. The van der Waals surface area contributed by atoms with Gasteiger partial charge in [0.15, 0.2) is 5.75 Å². The Morgan fingerprint density at radius 1 is 1.65 bits per heavy atom. The number of halogens is 1. The number of hydrogen-bond donors (Lipinski definition) is 2. The molecule has 94 valence electrons. The summed E-state index contributed by atoms with van der Waals surface area (Å²) in [5.41, 5.74) is -0.214. The van der Waals surface area contributed by atoms with Gasteiger partial charge >= 0.3 is 5.69 Å². The number of nitrogens with zero attached hydrogens (tertiary/aromatic N) is 1. The zero-order valence-corrected chi connectivity index (χ0v) is 9.98. The Hall–Kier alpha value is -1.37. The predicted molar refractivity (Wildman–Crippen MR) is 63.5 cm³/mol. The molecule has 0 heterocycles. The summed E-state index contributed by atoms with van der Waals surface area (Å²) in [6.45, 7) is 0.324. The summed E-state index contributed by atoms with van der Waals surface area (Å²) in [4.78, 5) is 10.2. The minimum absolute atomic E-state index is 0.0245. The third-order valence-electron chi connectivity index (χ3n) is 1.99. The highest BCUT2D eigenvalue weighted by Gasteiger charge is 2.16. The van der Waals surface area contributed by atoms with Crippen LogP contribution in [0.25, 0.3) is 0 Å². The van der Waals surface area contributed by atoms with Crippen molar-refractivity contribution in [2.75, 3.05) is 20.2 Å². The van der Waals surface area contributed by atoms with E-state index in [9.17, 15) is 15.2 Å². The van der Waals surface area contributed by atoms with Gasteiger partial charge in [0.05, 0.1) is 4.92 Å². The lowest BCUT2D eigenvalue weighted by Crippen LogP contribution is -2.29. The van der Waals surface area contributed by atoms with Crippen molar-refractivity contribution in [1.82, 2.24) is 5.32 Å². The topological polar surface area (TPSA) is 84.6 Å². The SMILES string of the molecule is CNCC(O)COc1ccc(Cl)cc1[N+](=O)[O-]. The van der Waals surface area contributed by atoms with Gasteiger partial charge in [-0.05, 0) is 19.2 Å². The highest BCUT2D eigenvalue weighted by Crippen LogP contribution is 2.29. The van der Waals surface area contributed by atoms with Crippen molar-refractivity contribution >= 4 is 17.3 Å². The van der Waals surface area contributed by atoms with E-state index in [1.807, 2.05) is 0 Å². The molecule has 1 rings (SSSR count). The van der Waals surface area contributed by atoms with E-state index < -0.39 is 11.0 Å². The summed E-state index contributed by atoms with van der Waals surface area (Å²) in [6.07, 6.45) is -0.727. The fourth-order valence-corrected chi connectivity index (χ4v) is 1.40. The highest BCUT2D eigenvalue weighted by molar-refractivity contribution is 6.30. The van der Waals surface area contributed by atoms with Gasteiger partial charge in [-0.15, -0.1) is 0 Å². The van der Waals surface area contributed by atoms with E-state index >= 15 is 0 Å². The van der Waals surface area contributed by atoms with Gasteiger partial charge < -0.3 is 15.2 Å². The minimum Gasteiger partial charge on any atom is -0.484 e. The molecule has 6 nitrogen and oxygen atoms in total. The van der Waals surface area contributed by atoms with Crippen LogP contribution in [0.1, 0.15) is 0 Å². The number of rotatable bonds is 6. The van der Waals surface area contributed by atoms with Crippen LogP contribution in [0.4, 0.5) is 5.69 Å². The van der Waals surface area contributed by atoms with Gasteiger partial charge in [-0.1, -0.05) is 11.6 Å². The number of benzene rings is 1. The van der Waals surface area contributed by atoms with Crippen LogP contribution in [0, 0.1) is 10.1 Å². The molecule has 1 aromatic carbocycles. The van der Waals surface area contributed by atoms with Crippen LogP contribution in [0.2, 0.25) is 5.02 Å². The molecule has 0 spiro atoms. The third-order valence-corrected chi connectivity index (χ3v) is 2.22. The molecule has 17 heavy (non-hydrogen) atoms. The predicted octanol–water partition coefficient (Wildman–Crippen LogP) is 1.21. The quantitative estimate of drug-likeness (QED) is 0.593. The van der Waals surface area contributed by atoms with Gasteiger partial charge in [0, 0.05) is 17.6 Å². The molecule has 0 saturated heterocycles. The second kappa shape index (κ2) is 6.39. The Bertz CT molecular complexity index is 400. The van der Waals surface area contributed by atoms with E-state index in [4.69, 9.17) is 16.3 Å². The molecule has 0 amide bonds. The number of nitro groups is 1. The van der Waals surface area contributed by atoms with Crippen LogP contribution in [-0.2, 0) is 0 Å². The Kier molecular flexibility index (Phi) is 5.14. The molecule has 2 N–H and O–H groups in total. The molecule has 1 atom stereocenters. The van der Waals surface area contributed by atoms with Crippen LogP contribution >= 0.6 is 11.6 Å². The molecule has 0 bridgehead atoms. The van der Waals surface area contributed by atoms with Gasteiger partial charge in [0.2, 0.25) is 0 Å². The van der Waals surface area contributed by atoms with Crippen molar-refractivity contribution in [1.29, 1.82) is 0 Å². The van der Waals surface area contributed by atoms with Crippen LogP contribution in [0.5, 0.6) is 5.75 Å². The molecular formula is C10H13ClN2O4. The van der Waals surface area contributed by atoms with Gasteiger partial charge in [0.1, 0.15) is 12.7 Å². The zero-order valence-electron chi connectivity index (χ0n) is 9.22. The summed E-state index contributed by atoms with van der Waals surface area (Å²) in [7, 11) is 1.69. The van der Waals surface area contributed by atoms with Gasteiger partial charge in [0.25, 0.3) is 0 Å². The lowest BCUT2D eigenvalue weighted by Gasteiger charge is -2.11. The molecule has 1 unspecified atom stereocenters. The number of aliphatic hydroxyl groups excluding tert-OH is 1. The maximum absolute atomic E-state index is 10.7. The standard InChI is InChI=1S/C10H13ClN2O4/c1-12-5-8(14)6-17-10-3-2-7(11)4-9(10)13(15)16/h2-4,8,12,14H,5-6H2,1H3. The van der Waals surface area contributed by atoms with Crippen LogP contribution in [-0.4, -0.2) is 36.3 Å². The Morgan fingerprint density at radius 3 is 2.94 bits per heavy atom. The van der Waals surface area contributed by atoms with E-state index in [0.29, 0.717) is 6.54 Å². The average molecular weight is 261 g/mol. The second-order valence-corrected chi connectivity index (χ2v) is 3.83. The van der Waals surface area contributed by atoms with Crippen molar-refractivity contribution in [2.24, 2.45) is 0 Å². The summed E-state index contributed by atoms with van der Waals surface area (Å²) in [5.74, 6) is 0.0922. The number of aliphatic hydroxyl groups is 1. The van der Waals surface area contributed by atoms with Crippen molar-refractivity contribution in [2.45, 2.75) is 6.10 Å². The minimum atomic E-state index is -0.727. The molecular weight excluding hydrogens is 248 g/mol. The van der Waals surface area contributed by atoms with E-state index in [1.54, 1.807) is 7.05 Å². The molecule has 0 aliphatic rings. The first-order chi connectivity index (χ1) is 8.04. The molecule has 1 aromatic rings. The van der Waals surface area contributed by atoms with E-state index in [0.717, 1.165) is 0 Å². The number of ether oxygens (including phenoxy) is 1. The lowest BCUT2D eigenvalue weighted by atomic mass is 10.3. The van der Waals surface area contributed by atoms with Crippen LogP contribution in [0.3, 0.4) is 0 Å². The first-order valence-electron chi connectivity index (χ1n) is 4.94. The molecule has 0 radical (unpaired) electrons. The molecule has 0 saturated carbocycles.